The van der Waals surface area contributed by atoms with E-state index in [4.69, 9.17) is 17.9 Å². The molecule has 4 heterocycles. The van der Waals surface area contributed by atoms with Gasteiger partial charge in [-0.2, -0.15) is 0 Å². The summed E-state index contributed by atoms with van der Waals surface area (Å²) in [5.74, 6) is 2.16. The number of nitrogens with zero attached hydrogens (tertiary/aromatic N) is 4. The number of benzene rings is 9. The van der Waals surface area contributed by atoms with E-state index >= 15 is 0 Å². The number of ether oxygens (including phenoxy) is 1. The van der Waals surface area contributed by atoms with Crippen molar-refractivity contribution >= 4 is 32.8 Å². The van der Waals surface area contributed by atoms with E-state index in [1.165, 1.54) is 34.9 Å². The molecule has 0 N–H and O–H groups in total. The van der Waals surface area contributed by atoms with E-state index in [0.717, 1.165) is 94.5 Å². The van der Waals surface area contributed by atoms with E-state index in [1.807, 2.05) is 48.7 Å². The number of hydrogen-bond donors (Lipinski definition) is 0. The number of aromatic nitrogens is 4. The van der Waals surface area contributed by atoms with E-state index in [-0.39, 0.29) is 32.9 Å². The highest BCUT2D eigenvalue weighted by atomic mass is 16.5. The Labute approximate surface area is 473 Å². The van der Waals surface area contributed by atoms with Gasteiger partial charge in [-0.3, -0.25) is 13.7 Å². The second-order valence-corrected chi connectivity index (χ2v) is 24.3. The molecule has 0 unspecified atom stereocenters. The molecule has 0 fully saturated rings. The molecule has 0 saturated carbocycles. The van der Waals surface area contributed by atoms with Crippen molar-refractivity contribution in [3.8, 4) is 84.3 Å². The van der Waals surface area contributed by atoms with Crippen LogP contribution < -0.4 is 9.30 Å². The molecule has 0 bridgehead atoms. The second-order valence-electron chi connectivity index (χ2n) is 24.3. The summed E-state index contributed by atoms with van der Waals surface area (Å²) >= 11 is 0. The Kier molecular flexibility index (Phi) is 10.1. The molecule has 1 aliphatic rings. The Bertz CT molecular complexity index is 4610. The molecule has 79 heavy (non-hydrogen) atoms. The largest absolute Gasteiger partial charge is 0.458 e. The van der Waals surface area contributed by atoms with Gasteiger partial charge in [0.05, 0.1) is 33.4 Å². The number of para-hydroxylation sites is 3. The highest BCUT2D eigenvalue weighted by Gasteiger charge is 2.29. The maximum atomic E-state index is 8.72. The Morgan fingerprint density at radius 3 is 1.81 bits per heavy atom. The lowest BCUT2D eigenvalue weighted by molar-refractivity contribution is -0.570. The lowest BCUT2D eigenvalue weighted by atomic mass is 9.78. The smallest absolute Gasteiger partial charge is 0.269 e. The zero-order chi connectivity index (χ0) is 59.7. The van der Waals surface area contributed by atoms with Crippen LogP contribution in [-0.4, -0.2) is 14.1 Å². The fourth-order valence-electron chi connectivity index (χ4n) is 11.7. The number of rotatable bonds is 6. The first-order valence-electron chi connectivity index (χ1n) is 30.3. The molecule has 3 aromatic heterocycles. The van der Waals surface area contributed by atoms with Gasteiger partial charge in [0.15, 0.2) is 0 Å². The lowest BCUT2D eigenvalue weighted by Gasteiger charge is -2.27. The first-order chi connectivity index (χ1) is 40.3. The average Bonchev–Trinajstić information content (AvgIpc) is 1.75. The number of pyridine rings is 1. The molecule has 0 radical (unpaired) electrons. The number of fused-ring (bicyclic) bond motifs is 10. The predicted molar refractivity (Wildman–Crippen MR) is 329 cm³/mol. The van der Waals surface area contributed by atoms with Gasteiger partial charge in [-0.15, -0.1) is 0 Å². The van der Waals surface area contributed by atoms with Gasteiger partial charge in [0, 0.05) is 31.3 Å². The summed E-state index contributed by atoms with van der Waals surface area (Å²) in [7, 11) is 0. The molecule has 0 spiro atoms. The molecule has 388 valence electrons. The molecule has 0 atom stereocenters. The zero-order valence-corrected chi connectivity index (χ0v) is 46.2. The van der Waals surface area contributed by atoms with Crippen molar-refractivity contribution in [2.24, 2.45) is 0 Å². The molecular weight excluding hydrogens is 961 g/mol. The van der Waals surface area contributed by atoms with Gasteiger partial charge >= 0.3 is 0 Å². The minimum absolute atomic E-state index is 0.0183. The molecule has 0 amide bonds. The van der Waals surface area contributed by atoms with Crippen LogP contribution in [0.2, 0.25) is 0 Å². The lowest BCUT2D eigenvalue weighted by Crippen LogP contribution is -2.32. The van der Waals surface area contributed by atoms with Crippen LogP contribution in [0.4, 0.5) is 0 Å². The van der Waals surface area contributed by atoms with Crippen molar-refractivity contribution in [2.75, 3.05) is 0 Å². The van der Waals surface area contributed by atoms with Gasteiger partial charge in [-0.1, -0.05) is 196 Å². The van der Waals surface area contributed by atoms with E-state index in [1.54, 1.807) is 0 Å². The van der Waals surface area contributed by atoms with Crippen molar-refractivity contribution in [1.29, 1.82) is 0 Å². The molecule has 5 heteroatoms. The van der Waals surface area contributed by atoms with Crippen LogP contribution in [0.1, 0.15) is 98.4 Å². The maximum Gasteiger partial charge on any atom is 0.269 e. The van der Waals surface area contributed by atoms with Gasteiger partial charge in [0.1, 0.15) is 17.3 Å². The van der Waals surface area contributed by atoms with Crippen molar-refractivity contribution in [1.82, 2.24) is 14.1 Å². The minimum Gasteiger partial charge on any atom is -0.458 e. The summed E-state index contributed by atoms with van der Waals surface area (Å²) in [6.07, 6.45) is 5.85. The van der Waals surface area contributed by atoms with E-state index < -0.39 is 13.7 Å². The van der Waals surface area contributed by atoms with Crippen LogP contribution in [0.5, 0.6) is 11.5 Å². The maximum absolute atomic E-state index is 8.72. The van der Waals surface area contributed by atoms with Crippen LogP contribution in [-0.2, 0) is 16.2 Å². The molecule has 5 nitrogen and oxygen atoms in total. The fourth-order valence-corrected chi connectivity index (χ4v) is 11.7. The number of imidazole rings is 1. The number of hydrogen-bond acceptors (Lipinski definition) is 2. The minimum atomic E-state index is -2.60. The van der Waals surface area contributed by atoms with Crippen molar-refractivity contribution in [3.05, 3.63) is 234 Å². The van der Waals surface area contributed by atoms with Crippen LogP contribution in [0.3, 0.4) is 0 Å². The molecule has 0 saturated heterocycles. The summed E-state index contributed by atoms with van der Waals surface area (Å²) < 4.78 is 65.8. The third kappa shape index (κ3) is 8.55. The van der Waals surface area contributed by atoms with Crippen LogP contribution in [0.15, 0.2) is 200 Å². The van der Waals surface area contributed by atoms with Crippen molar-refractivity contribution in [3.63, 3.8) is 0 Å². The van der Waals surface area contributed by atoms with Gasteiger partial charge in [0.2, 0.25) is 0 Å². The highest BCUT2D eigenvalue weighted by molar-refractivity contribution is 6.09. The third-order valence-corrected chi connectivity index (χ3v) is 15.9. The quantitative estimate of drug-likeness (QED) is 0.123. The summed E-state index contributed by atoms with van der Waals surface area (Å²) in [5, 5.41) is 2.23. The topological polar surface area (TPSA) is 35.9 Å². The van der Waals surface area contributed by atoms with Crippen LogP contribution in [0.25, 0.3) is 106 Å². The molecule has 9 aromatic carbocycles. The Hall–Kier alpha value is -8.80. The molecule has 0 aliphatic carbocycles. The predicted octanol–water partition coefficient (Wildman–Crippen LogP) is 19.1. The zero-order valence-electron chi connectivity index (χ0n) is 52.2. The van der Waals surface area contributed by atoms with Gasteiger partial charge in [-0.05, 0) is 168 Å². The summed E-state index contributed by atoms with van der Waals surface area (Å²) in [6, 6.07) is 65.8. The van der Waals surface area contributed by atoms with Crippen LogP contribution >= 0.6 is 0 Å². The summed E-state index contributed by atoms with van der Waals surface area (Å²) in [5.41, 5.74) is 16.8. The fraction of sp³-hybridized carbons (Fsp3) is 0.189. The summed E-state index contributed by atoms with van der Waals surface area (Å²) in [4.78, 5) is 4.92. The summed E-state index contributed by atoms with van der Waals surface area (Å²) in [6.45, 7) is 15.0. The molecule has 13 rings (SSSR count). The van der Waals surface area contributed by atoms with E-state index in [9.17, 15) is 0 Å². The van der Waals surface area contributed by atoms with Gasteiger partial charge in [0.25, 0.3) is 6.33 Å². The Morgan fingerprint density at radius 1 is 0.456 bits per heavy atom. The second kappa shape index (κ2) is 18.4. The Morgan fingerprint density at radius 2 is 1.06 bits per heavy atom. The van der Waals surface area contributed by atoms with Crippen molar-refractivity contribution < 1.29 is 17.5 Å². The van der Waals surface area contributed by atoms with Gasteiger partial charge < -0.3 is 4.74 Å². The van der Waals surface area contributed by atoms with E-state index in [2.05, 4.69) is 216 Å². The monoisotopic (exact) mass is 1030 g/mol. The highest BCUT2D eigenvalue weighted by Crippen LogP contribution is 2.48. The first-order valence-corrected chi connectivity index (χ1v) is 27.3. The number of aryl methyl sites for hydroxylation is 2. The Balaban J connectivity index is 1.05. The normalized spacial score (nSPS) is 13.9. The SMILES string of the molecule is [2H]C([2H])([2H])c1cccc(C([2H])([2H])[2H])c1-c1ccc2c(c1)-c1cccc(-c3cc(C(C)(C)C)cc(C(C)(C)C)c3)c1-[n+]1[c-]n(-c3cccc(Oc4ccc5c6ccccc6n(-c6cc(C(C)(C)C)ccn6)c5c4)c3)c3cccc(c31)-c1ccccc1-2. The standard InChI is InChI=1S/C74H66N4O/c1-46-20-16-21-47(2)69(46)48-32-34-59-57-24-12-13-25-58(57)62-29-19-31-66-71(62)77(70-56(27-18-28-63(70)64(59)40-48)49-38-51(73(6,7)8)41-52(39-49)74(9,10)11)45-76(66)53-22-17-23-54(43-53)79-55-33-35-61-60-26-14-15-30-65(60)78(67(61)44-55)68-42-50(36-37-75-68)72(3,4)5/h12-44H,1-11H3/i1D3,2D3. The van der Waals surface area contributed by atoms with Crippen LogP contribution in [0, 0.1) is 20.0 Å². The molecule has 1 aliphatic heterocycles. The third-order valence-electron chi connectivity index (χ3n) is 15.9. The average molecular weight is 1030 g/mol. The van der Waals surface area contributed by atoms with E-state index in [0.29, 0.717) is 17.1 Å². The molecular formula is C74H66N4O. The molecule has 12 aromatic rings. The van der Waals surface area contributed by atoms with Gasteiger partial charge in [-0.25, -0.2) is 4.98 Å². The first kappa shape index (κ1) is 43.2. The van der Waals surface area contributed by atoms with Crippen molar-refractivity contribution in [2.45, 2.75) is 92.3 Å².